The third kappa shape index (κ3) is 2.62. The lowest BCUT2D eigenvalue weighted by Gasteiger charge is -2.43. The molecule has 2 fully saturated rings. The van der Waals surface area contributed by atoms with E-state index in [0.717, 1.165) is 5.69 Å². The van der Waals surface area contributed by atoms with Crippen LogP contribution in [0.2, 0.25) is 0 Å². The van der Waals surface area contributed by atoms with Crippen molar-refractivity contribution in [2.24, 2.45) is 0 Å². The number of piperidine rings is 1. The van der Waals surface area contributed by atoms with Crippen LogP contribution in [0.15, 0.2) is 54.6 Å². The molecule has 0 bridgehead atoms. The molecule has 0 radical (unpaired) electrons. The Bertz CT molecular complexity index is 832. The van der Waals surface area contributed by atoms with E-state index >= 15 is 0 Å². The first-order valence-electron chi connectivity index (χ1n) is 8.77. The van der Waals surface area contributed by atoms with Crippen LogP contribution in [0, 0.1) is 5.82 Å². The lowest BCUT2D eigenvalue weighted by Crippen LogP contribution is -2.57. The first-order valence-corrected chi connectivity index (χ1v) is 8.77. The molecular weight excluding hydrogens is 333 g/mol. The number of rotatable bonds is 2. The Balaban J connectivity index is 1.54. The van der Waals surface area contributed by atoms with Crippen molar-refractivity contribution in [3.63, 3.8) is 0 Å². The number of carbonyl (C=O) groups is 2. The van der Waals surface area contributed by atoms with Gasteiger partial charge in [-0.1, -0.05) is 30.3 Å². The Morgan fingerprint density at radius 1 is 1.00 bits per heavy atom. The fraction of sp³-hybridized carbons (Fsp3) is 0.300. The first kappa shape index (κ1) is 16.6. The summed E-state index contributed by atoms with van der Waals surface area (Å²) in [5, 5.41) is 2.94. The lowest BCUT2D eigenvalue weighted by atomic mass is 9.85. The van der Waals surface area contributed by atoms with Gasteiger partial charge in [0.25, 0.3) is 5.91 Å². The van der Waals surface area contributed by atoms with Gasteiger partial charge in [-0.2, -0.15) is 0 Å². The summed E-state index contributed by atoms with van der Waals surface area (Å²) in [6.45, 7) is 1.30. The number of likely N-dealkylation sites (tertiary alicyclic amines) is 1. The minimum Gasteiger partial charge on any atom is -0.339 e. The molecule has 1 N–H and O–H groups in total. The maximum Gasteiger partial charge on any atom is 0.256 e. The molecule has 2 aromatic carbocycles. The van der Waals surface area contributed by atoms with Crippen LogP contribution in [-0.2, 0) is 4.79 Å². The number of amides is 2. The molecule has 0 unspecified atom stereocenters. The summed E-state index contributed by atoms with van der Waals surface area (Å²) in [5.41, 5.74) is 0.423. The number of hydrogen-bond acceptors (Lipinski definition) is 3. The minimum atomic E-state index is -0.645. The highest BCUT2D eigenvalue weighted by molar-refractivity contribution is 5.96. The Hall–Kier alpha value is -2.89. The highest BCUT2D eigenvalue weighted by Gasteiger charge is 2.50. The molecule has 4 rings (SSSR count). The van der Waals surface area contributed by atoms with Crippen LogP contribution in [0.3, 0.4) is 0 Å². The summed E-state index contributed by atoms with van der Waals surface area (Å²) in [5.74, 6) is -0.829. The van der Waals surface area contributed by atoms with Crippen molar-refractivity contribution in [3.8, 4) is 0 Å². The van der Waals surface area contributed by atoms with Gasteiger partial charge in [0.1, 0.15) is 11.4 Å². The highest BCUT2D eigenvalue weighted by atomic mass is 19.1. The fourth-order valence-corrected chi connectivity index (χ4v) is 3.92. The van der Waals surface area contributed by atoms with Gasteiger partial charge in [0.2, 0.25) is 5.91 Å². The zero-order chi connectivity index (χ0) is 18.1. The van der Waals surface area contributed by atoms with Crippen LogP contribution in [0.5, 0.6) is 0 Å². The summed E-state index contributed by atoms with van der Waals surface area (Å²) in [6, 6.07) is 15.8. The molecular formula is C20H20FN3O2. The molecule has 0 aliphatic carbocycles. The average molecular weight is 353 g/mol. The van der Waals surface area contributed by atoms with Crippen molar-refractivity contribution in [1.29, 1.82) is 0 Å². The summed E-state index contributed by atoms with van der Waals surface area (Å²) in [6.07, 6.45) is 1.04. The van der Waals surface area contributed by atoms with Crippen LogP contribution in [-0.4, -0.2) is 42.0 Å². The van der Waals surface area contributed by atoms with Crippen LogP contribution in [0.1, 0.15) is 23.2 Å². The number of carbonyl (C=O) groups excluding carboxylic acids is 2. The number of nitrogens with zero attached hydrogens (tertiary/aromatic N) is 2. The molecule has 2 aliphatic heterocycles. The average Bonchev–Trinajstić information content (AvgIpc) is 2.99. The highest BCUT2D eigenvalue weighted by Crippen LogP contribution is 2.36. The molecule has 5 nitrogen and oxygen atoms in total. The molecule has 6 heteroatoms. The molecule has 0 aromatic heterocycles. The van der Waals surface area contributed by atoms with Gasteiger partial charge in [0.15, 0.2) is 0 Å². The minimum absolute atomic E-state index is 0.000608. The van der Waals surface area contributed by atoms with E-state index in [2.05, 4.69) is 10.2 Å². The molecule has 26 heavy (non-hydrogen) atoms. The Kier molecular flexibility index (Phi) is 4.11. The second-order valence-electron chi connectivity index (χ2n) is 6.73. The monoisotopic (exact) mass is 353 g/mol. The quantitative estimate of drug-likeness (QED) is 0.902. The van der Waals surface area contributed by atoms with Gasteiger partial charge in [-0.3, -0.25) is 9.59 Å². The molecule has 2 aromatic rings. The van der Waals surface area contributed by atoms with Crippen LogP contribution in [0.25, 0.3) is 0 Å². The third-order valence-corrected chi connectivity index (χ3v) is 5.39. The largest absolute Gasteiger partial charge is 0.339 e. The maximum atomic E-state index is 13.9. The predicted octanol–water partition coefficient (Wildman–Crippen LogP) is 2.39. The number of para-hydroxylation sites is 1. The fourth-order valence-electron chi connectivity index (χ4n) is 3.92. The Labute approximate surface area is 151 Å². The van der Waals surface area contributed by atoms with Gasteiger partial charge in [-0.05, 0) is 37.1 Å². The molecule has 134 valence electrons. The van der Waals surface area contributed by atoms with Gasteiger partial charge in [-0.15, -0.1) is 0 Å². The normalized spacial score (nSPS) is 18.9. The Morgan fingerprint density at radius 3 is 2.35 bits per heavy atom. The number of nitrogens with one attached hydrogen (secondary N) is 1. The van der Waals surface area contributed by atoms with Crippen LogP contribution in [0.4, 0.5) is 10.1 Å². The SMILES string of the molecule is O=C(c1ccccc1F)N1CCC2(CC1)C(=O)NCN2c1ccccc1. The van der Waals surface area contributed by atoms with Gasteiger partial charge in [0.05, 0.1) is 12.2 Å². The standard InChI is InChI=1S/C20H20FN3O2/c21-17-9-5-4-8-16(17)18(25)23-12-10-20(11-13-23)19(26)22-14-24(20)15-6-2-1-3-7-15/h1-9H,10-14H2,(H,22,26). The molecule has 0 saturated carbocycles. The molecule has 2 aliphatic rings. The van der Waals surface area contributed by atoms with Gasteiger partial charge < -0.3 is 15.1 Å². The molecule has 1 spiro atoms. The third-order valence-electron chi connectivity index (χ3n) is 5.39. The molecule has 2 amide bonds. The molecule has 0 atom stereocenters. The van der Waals surface area contributed by atoms with E-state index in [-0.39, 0.29) is 17.4 Å². The van der Waals surface area contributed by atoms with Crippen molar-refractivity contribution in [1.82, 2.24) is 10.2 Å². The molecule has 2 heterocycles. The van der Waals surface area contributed by atoms with Gasteiger partial charge >= 0.3 is 0 Å². The van der Waals surface area contributed by atoms with Crippen LogP contribution < -0.4 is 10.2 Å². The van der Waals surface area contributed by atoms with E-state index in [0.29, 0.717) is 32.6 Å². The number of anilines is 1. The maximum absolute atomic E-state index is 13.9. The molecule has 2 saturated heterocycles. The topological polar surface area (TPSA) is 52.7 Å². The van der Waals surface area contributed by atoms with E-state index in [1.165, 1.54) is 12.1 Å². The number of benzene rings is 2. The van der Waals surface area contributed by atoms with Crippen molar-refractivity contribution < 1.29 is 14.0 Å². The zero-order valence-electron chi connectivity index (χ0n) is 14.3. The van der Waals surface area contributed by atoms with Crippen molar-refractivity contribution in [3.05, 3.63) is 66.0 Å². The first-order chi connectivity index (χ1) is 12.6. The smallest absolute Gasteiger partial charge is 0.256 e. The van der Waals surface area contributed by atoms with Crippen molar-refractivity contribution >= 4 is 17.5 Å². The predicted molar refractivity (Wildman–Crippen MR) is 96.2 cm³/mol. The van der Waals surface area contributed by atoms with Gasteiger partial charge in [-0.25, -0.2) is 4.39 Å². The summed E-state index contributed by atoms with van der Waals surface area (Å²) in [7, 11) is 0. The Morgan fingerprint density at radius 2 is 1.65 bits per heavy atom. The van der Waals surface area contributed by atoms with E-state index in [1.807, 2.05) is 30.3 Å². The summed E-state index contributed by atoms with van der Waals surface area (Å²) < 4.78 is 13.9. The summed E-state index contributed by atoms with van der Waals surface area (Å²) >= 11 is 0. The van der Waals surface area contributed by atoms with Crippen molar-refractivity contribution in [2.75, 3.05) is 24.7 Å². The van der Waals surface area contributed by atoms with Crippen LogP contribution >= 0.6 is 0 Å². The second-order valence-corrected chi connectivity index (χ2v) is 6.73. The van der Waals surface area contributed by atoms with E-state index in [9.17, 15) is 14.0 Å². The van der Waals surface area contributed by atoms with E-state index < -0.39 is 11.4 Å². The van der Waals surface area contributed by atoms with Gasteiger partial charge in [0, 0.05) is 18.8 Å². The number of halogens is 1. The van der Waals surface area contributed by atoms with Crippen molar-refractivity contribution in [2.45, 2.75) is 18.4 Å². The lowest BCUT2D eigenvalue weighted by molar-refractivity contribution is -0.124. The zero-order valence-corrected chi connectivity index (χ0v) is 14.3. The second kappa shape index (κ2) is 6.44. The summed E-state index contributed by atoms with van der Waals surface area (Å²) in [4.78, 5) is 29.0. The number of hydrogen-bond donors (Lipinski definition) is 1. The van der Waals surface area contributed by atoms with E-state index in [1.54, 1.807) is 17.0 Å². The van der Waals surface area contributed by atoms with E-state index in [4.69, 9.17) is 0 Å².